The maximum absolute atomic E-state index is 12.7. The van der Waals surface area contributed by atoms with Gasteiger partial charge >= 0.3 is 0 Å². The Morgan fingerprint density at radius 2 is 1.94 bits per heavy atom. The zero-order chi connectivity index (χ0) is 13.2. The van der Waals surface area contributed by atoms with E-state index in [0.717, 1.165) is 32.1 Å². The van der Waals surface area contributed by atoms with Crippen LogP contribution in [0.15, 0.2) is 0 Å². The Bertz CT molecular complexity index is 372. The van der Waals surface area contributed by atoms with Gasteiger partial charge in [0.15, 0.2) is 0 Å². The summed E-state index contributed by atoms with van der Waals surface area (Å²) in [5, 5.41) is 0. The molecule has 5 nitrogen and oxygen atoms in total. The van der Waals surface area contributed by atoms with Gasteiger partial charge in [0.05, 0.1) is 0 Å². The first-order valence-corrected chi connectivity index (χ1v) is 8.42. The molecule has 2 aliphatic heterocycles. The van der Waals surface area contributed by atoms with Crippen molar-refractivity contribution in [2.24, 2.45) is 11.7 Å². The molecular formula is C12H25N3O2S. The van der Waals surface area contributed by atoms with Crippen LogP contribution in [0.4, 0.5) is 0 Å². The average Bonchev–Trinajstić information content (AvgIpc) is 2.38. The van der Waals surface area contributed by atoms with E-state index in [-0.39, 0.29) is 6.04 Å². The van der Waals surface area contributed by atoms with Crippen LogP contribution in [0.1, 0.15) is 39.0 Å². The predicted octanol–water partition coefficient (Wildman–Crippen LogP) is 0.776. The van der Waals surface area contributed by atoms with E-state index in [4.69, 9.17) is 5.73 Å². The van der Waals surface area contributed by atoms with Crippen molar-refractivity contribution in [3.8, 4) is 0 Å². The minimum absolute atomic E-state index is 0.000910. The lowest BCUT2D eigenvalue weighted by atomic mass is 10.0. The molecule has 0 radical (unpaired) electrons. The van der Waals surface area contributed by atoms with Crippen molar-refractivity contribution in [3.05, 3.63) is 0 Å². The van der Waals surface area contributed by atoms with Crippen molar-refractivity contribution in [1.82, 2.24) is 8.61 Å². The Kier molecular flexibility index (Phi) is 4.64. The van der Waals surface area contributed by atoms with Crippen LogP contribution in [-0.2, 0) is 10.2 Å². The standard InChI is InChI=1S/C12H25N3O2S/c1-11-5-4-7-14(10-11)18(16,17)15-8-3-2-6-12(15)9-13/h11-12H,2-10,13H2,1H3/t11-,12+/m1/s1. The van der Waals surface area contributed by atoms with Gasteiger partial charge in [0.1, 0.15) is 0 Å². The van der Waals surface area contributed by atoms with Gasteiger partial charge in [0.25, 0.3) is 10.2 Å². The average molecular weight is 275 g/mol. The second kappa shape index (κ2) is 5.86. The number of hydrogen-bond donors (Lipinski definition) is 1. The molecule has 0 unspecified atom stereocenters. The minimum atomic E-state index is -3.29. The largest absolute Gasteiger partial charge is 0.329 e. The van der Waals surface area contributed by atoms with Gasteiger partial charge in [-0.05, 0) is 31.6 Å². The fourth-order valence-corrected chi connectivity index (χ4v) is 5.04. The predicted molar refractivity (Wildman–Crippen MR) is 72.3 cm³/mol. The highest BCUT2D eigenvalue weighted by Crippen LogP contribution is 2.25. The van der Waals surface area contributed by atoms with Crippen LogP contribution >= 0.6 is 0 Å². The molecule has 0 saturated carbocycles. The molecule has 0 aromatic carbocycles. The first-order valence-electron chi connectivity index (χ1n) is 7.02. The topological polar surface area (TPSA) is 66.6 Å². The summed E-state index contributed by atoms with van der Waals surface area (Å²) < 4.78 is 28.6. The fourth-order valence-electron chi connectivity index (χ4n) is 3.02. The molecule has 0 amide bonds. The molecule has 2 rings (SSSR count). The minimum Gasteiger partial charge on any atom is -0.329 e. The van der Waals surface area contributed by atoms with E-state index in [9.17, 15) is 8.42 Å². The molecular weight excluding hydrogens is 250 g/mol. The monoisotopic (exact) mass is 275 g/mol. The quantitative estimate of drug-likeness (QED) is 0.827. The Labute approximate surface area is 110 Å². The zero-order valence-corrected chi connectivity index (χ0v) is 12.0. The number of nitrogens with zero attached hydrogens (tertiary/aromatic N) is 2. The molecule has 18 heavy (non-hydrogen) atoms. The summed E-state index contributed by atoms with van der Waals surface area (Å²) in [5.74, 6) is 0.467. The molecule has 0 aromatic heterocycles. The third-order valence-electron chi connectivity index (χ3n) is 4.09. The van der Waals surface area contributed by atoms with Gasteiger partial charge in [-0.25, -0.2) is 0 Å². The second-order valence-electron chi connectivity index (χ2n) is 5.61. The van der Waals surface area contributed by atoms with Crippen molar-refractivity contribution in [2.75, 3.05) is 26.2 Å². The molecule has 0 aliphatic carbocycles. The van der Waals surface area contributed by atoms with Crippen LogP contribution in [0.25, 0.3) is 0 Å². The fraction of sp³-hybridized carbons (Fsp3) is 1.00. The normalized spacial score (nSPS) is 32.6. The smallest absolute Gasteiger partial charge is 0.282 e. The molecule has 106 valence electrons. The highest BCUT2D eigenvalue weighted by Gasteiger charge is 2.37. The molecule has 2 atom stereocenters. The third kappa shape index (κ3) is 2.87. The molecule has 0 bridgehead atoms. The molecule has 0 aromatic rings. The van der Waals surface area contributed by atoms with E-state index in [1.807, 2.05) is 0 Å². The van der Waals surface area contributed by atoms with E-state index in [2.05, 4.69) is 6.92 Å². The summed E-state index contributed by atoms with van der Waals surface area (Å²) in [7, 11) is -3.29. The lowest BCUT2D eigenvalue weighted by Crippen LogP contribution is -2.54. The lowest BCUT2D eigenvalue weighted by molar-refractivity contribution is 0.213. The van der Waals surface area contributed by atoms with E-state index in [0.29, 0.717) is 32.1 Å². The zero-order valence-electron chi connectivity index (χ0n) is 11.2. The Balaban J connectivity index is 2.13. The maximum atomic E-state index is 12.7. The SMILES string of the molecule is C[C@@H]1CCCN(S(=O)(=O)N2CCCC[C@H]2CN)C1. The number of nitrogens with two attached hydrogens (primary N) is 1. The van der Waals surface area contributed by atoms with Crippen molar-refractivity contribution in [3.63, 3.8) is 0 Å². The van der Waals surface area contributed by atoms with Crippen LogP contribution in [0.5, 0.6) is 0 Å². The van der Waals surface area contributed by atoms with E-state index in [1.54, 1.807) is 8.61 Å². The maximum Gasteiger partial charge on any atom is 0.282 e. The van der Waals surface area contributed by atoms with E-state index >= 15 is 0 Å². The molecule has 6 heteroatoms. The van der Waals surface area contributed by atoms with Crippen molar-refractivity contribution < 1.29 is 8.42 Å². The van der Waals surface area contributed by atoms with Crippen molar-refractivity contribution in [2.45, 2.75) is 45.1 Å². The summed E-state index contributed by atoms with van der Waals surface area (Å²) in [6.07, 6.45) is 5.05. The summed E-state index contributed by atoms with van der Waals surface area (Å²) in [6, 6.07) is 0.000910. The molecule has 2 heterocycles. The van der Waals surface area contributed by atoms with Crippen LogP contribution in [0, 0.1) is 5.92 Å². The summed E-state index contributed by atoms with van der Waals surface area (Å²) in [6.45, 7) is 4.52. The van der Waals surface area contributed by atoms with Gasteiger partial charge in [-0.3, -0.25) is 0 Å². The lowest BCUT2D eigenvalue weighted by Gasteiger charge is -2.39. The Morgan fingerprint density at radius 1 is 1.17 bits per heavy atom. The van der Waals surface area contributed by atoms with Gasteiger partial charge in [-0.1, -0.05) is 13.3 Å². The summed E-state index contributed by atoms with van der Waals surface area (Å²) >= 11 is 0. The first kappa shape index (κ1) is 14.2. The summed E-state index contributed by atoms with van der Waals surface area (Å²) in [5.41, 5.74) is 5.72. The molecule has 2 aliphatic rings. The van der Waals surface area contributed by atoms with Crippen molar-refractivity contribution >= 4 is 10.2 Å². The highest BCUT2D eigenvalue weighted by atomic mass is 32.2. The second-order valence-corrected chi connectivity index (χ2v) is 7.49. The van der Waals surface area contributed by atoms with E-state index in [1.165, 1.54) is 0 Å². The molecule has 2 N–H and O–H groups in total. The van der Waals surface area contributed by atoms with Crippen LogP contribution in [-0.4, -0.2) is 49.2 Å². The first-order chi connectivity index (χ1) is 8.55. The van der Waals surface area contributed by atoms with Crippen LogP contribution in [0.3, 0.4) is 0 Å². The number of rotatable bonds is 3. The van der Waals surface area contributed by atoms with Gasteiger partial charge in [0.2, 0.25) is 0 Å². The van der Waals surface area contributed by atoms with Crippen LogP contribution < -0.4 is 5.73 Å². The van der Waals surface area contributed by atoms with Crippen molar-refractivity contribution in [1.29, 1.82) is 0 Å². The van der Waals surface area contributed by atoms with Crippen LogP contribution in [0.2, 0.25) is 0 Å². The van der Waals surface area contributed by atoms with Gasteiger partial charge in [-0.15, -0.1) is 0 Å². The van der Waals surface area contributed by atoms with Gasteiger partial charge < -0.3 is 5.73 Å². The molecule has 0 spiro atoms. The van der Waals surface area contributed by atoms with Gasteiger partial charge in [0, 0.05) is 32.2 Å². The highest BCUT2D eigenvalue weighted by molar-refractivity contribution is 7.86. The van der Waals surface area contributed by atoms with E-state index < -0.39 is 10.2 Å². The molecule has 2 saturated heterocycles. The number of hydrogen-bond acceptors (Lipinski definition) is 3. The van der Waals surface area contributed by atoms with Gasteiger partial charge in [-0.2, -0.15) is 17.0 Å². The molecule has 2 fully saturated rings. The Hall–Kier alpha value is -0.170. The third-order valence-corrected chi connectivity index (χ3v) is 6.15. The number of piperidine rings is 2. The summed E-state index contributed by atoms with van der Waals surface area (Å²) in [4.78, 5) is 0. The Morgan fingerprint density at radius 3 is 2.61 bits per heavy atom.